The number of carboxylic acids is 1. The molecule has 8 nitrogen and oxygen atoms in total. The van der Waals surface area contributed by atoms with Crippen LogP contribution >= 0.6 is 0 Å². The summed E-state index contributed by atoms with van der Waals surface area (Å²) < 4.78 is 28.5. The quantitative estimate of drug-likeness (QED) is 0.570. The fourth-order valence-corrected chi connectivity index (χ4v) is 2.75. The van der Waals surface area contributed by atoms with Gasteiger partial charge in [-0.05, 0) is 18.6 Å². The van der Waals surface area contributed by atoms with E-state index in [1.165, 1.54) is 25.1 Å². The topological polar surface area (TPSA) is 102 Å². The molecular formula is C18H22FNO7. The highest BCUT2D eigenvalue weighted by atomic mass is 19.1. The number of carbonyl (C=O) groups is 3. The Labute approximate surface area is 155 Å². The Morgan fingerprint density at radius 1 is 1.33 bits per heavy atom. The average Bonchev–Trinajstić information content (AvgIpc) is 3.04. The van der Waals surface area contributed by atoms with Gasteiger partial charge in [-0.3, -0.25) is 9.69 Å². The number of halogens is 1. The van der Waals surface area contributed by atoms with E-state index < -0.39 is 36.2 Å². The van der Waals surface area contributed by atoms with E-state index >= 15 is 0 Å². The number of ether oxygens (including phenoxy) is 3. The number of rotatable bonds is 7. The summed E-state index contributed by atoms with van der Waals surface area (Å²) in [6.45, 7) is 3.19. The van der Waals surface area contributed by atoms with E-state index in [2.05, 4.69) is 0 Å². The number of carbonyl (C=O) groups excluding carboxylic acids is 2. The van der Waals surface area contributed by atoms with E-state index in [0.717, 1.165) is 4.90 Å². The third kappa shape index (κ3) is 5.83. The molecule has 9 heteroatoms. The summed E-state index contributed by atoms with van der Waals surface area (Å²) in [6.07, 6.45) is -1.71. The van der Waals surface area contributed by atoms with Crippen molar-refractivity contribution in [1.29, 1.82) is 0 Å². The molecule has 2 rings (SSSR count). The lowest BCUT2D eigenvalue weighted by molar-refractivity contribution is -0.166. The second-order valence-electron chi connectivity index (χ2n) is 6.17. The average molecular weight is 383 g/mol. The smallest absolute Gasteiger partial charge is 0.413 e. The van der Waals surface area contributed by atoms with Crippen molar-refractivity contribution in [2.24, 2.45) is 5.92 Å². The van der Waals surface area contributed by atoms with Gasteiger partial charge in [0.2, 0.25) is 6.29 Å². The SMILES string of the molecule is CCC(=O)O[C@@H](C)OC(=O)N1C[C@@H](COc2cccc(F)c2)C[C@H]1C(=O)O. The van der Waals surface area contributed by atoms with Gasteiger partial charge in [0.05, 0.1) is 6.61 Å². The van der Waals surface area contributed by atoms with Crippen LogP contribution in [0.15, 0.2) is 24.3 Å². The van der Waals surface area contributed by atoms with Crippen LogP contribution in [-0.4, -0.2) is 53.5 Å². The van der Waals surface area contributed by atoms with Crippen LogP contribution < -0.4 is 4.74 Å². The molecule has 1 saturated heterocycles. The normalized spacial score (nSPS) is 20.0. The van der Waals surface area contributed by atoms with Crippen molar-refractivity contribution in [3.63, 3.8) is 0 Å². The zero-order valence-corrected chi connectivity index (χ0v) is 15.1. The number of likely N-dealkylation sites (tertiary alicyclic amines) is 1. The van der Waals surface area contributed by atoms with Crippen molar-refractivity contribution in [2.45, 2.75) is 39.0 Å². The van der Waals surface area contributed by atoms with Gasteiger partial charge in [0.15, 0.2) is 0 Å². The lowest BCUT2D eigenvalue weighted by atomic mass is 10.1. The third-order valence-electron chi connectivity index (χ3n) is 4.04. The second kappa shape index (κ2) is 9.20. The van der Waals surface area contributed by atoms with Crippen molar-refractivity contribution in [1.82, 2.24) is 4.90 Å². The molecule has 0 aliphatic carbocycles. The Kier molecular flexibility index (Phi) is 6.98. The molecule has 0 saturated carbocycles. The Bertz CT molecular complexity index is 696. The van der Waals surface area contributed by atoms with Crippen LogP contribution in [0.1, 0.15) is 26.7 Å². The maximum absolute atomic E-state index is 13.2. The Morgan fingerprint density at radius 3 is 2.70 bits per heavy atom. The molecule has 0 spiro atoms. The molecule has 27 heavy (non-hydrogen) atoms. The third-order valence-corrected chi connectivity index (χ3v) is 4.04. The first-order chi connectivity index (χ1) is 12.8. The van der Waals surface area contributed by atoms with Crippen LogP contribution in [-0.2, 0) is 19.1 Å². The molecule has 0 aromatic heterocycles. The van der Waals surface area contributed by atoms with E-state index in [-0.39, 0.29) is 31.9 Å². The van der Waals surface area contributed by atoms with Gasteiger partial charge < -0.3 is 19.3 Å². The Hall–Kier alpha value is -2.84. The van der Waals surface area contributed by atoms with Crippen LogP contribution in [0.2, 0.25) is 0 Å². The van der Waals surface area contributed by atoms with Gasteiger partial charge in [0, 0.05) is 31.9 Å². The molecule has 1 fully saturated rings. The lowest BCUT2D eigenvalue weighted by Crippen LogP contribution is -2.42. The van der Waals surface area contributed by atoms with Crippen molar-refractivity contribution in [2.75, 3.05) is 13.2 Å². The summed E-state index contributed by atoms with van der Waals surface area (Å²) in [4.78, 5) is 36.0. The number of amides is 1. The van der Waals surface area contributed by atoms with Crippen molar-refractivity contribution < 1.29 is 38.1 Å². The summed E-state index contributed by atoms with van der Waals surface area (Å²) in [5.74, 6) is -2.09. The minimum atomic E-state index is -1.17. The first kappa shape index (κ1) is 20.5. The van der Waals surface area contributed by atoms with E-state index in [4.69, 9.17) is 14.2 Å². The number of esters is 1. The molecule has 148 valence electrons. The fourth-order valence-electron chi connectivity index (χ4n) is 2.75. The molecule has 1 amide bonds. The minimum Gasteiger partial charge on any atom is -0.493 e. The van der Waals surface area contributed by atoms with Crippen LogP contribution in [0.25, 0.3) is 0 Å². The number of hydrogen-bond donors (Lipinski definition) is 1. The number of aliphatic carboxylic acids is 1. The van der Waals surface area contributed by atoms with Gasteiger partial charge in [-0.2, -0.15) is 0 Å². The summed E-state index contributed by atoms with van der Waals surface area (Å²) in [6, 6.07) is 4.52. The van der Waals surface area contributed by atoms with Gasteiger partial charge in [-0.1, -0.05) is 13.0 Å². The molecule has 1 aliphatic rings. The Morgan fingerprint density at radius 2 is 2.07 bits per heavy atom. The molecule has 1 aromatic rings. The number of hydrogen-bond acceptors (Lipinski definition) is 6. The van der Waals surface area contributed by atoms with E-state index in [1.54, 1.807) is 13.0 Å². The molecule has 1 heterocycles. The van der Waals surface area contributed by atoms with E-state index in [1.807, 2.05) is 0 Å². The molecule has 0 unspecified atom stereocenters. The molecule has 0 bridgehead atoms. The molecular weight excluding hydrogens is 361 g/mol. The predicted octanol–water partition coefficient (Wildman–Crippen LogP) is 2.42. The number of benzene rings is 1. The van der Waals surface area contributed by atoms with Gasteiger partial charge >= 0.3 is 18.0 Å². The van der Waals surface area contributed by atoms with Crippen LogP contribution in [0.5, 0.6) is 5.75 Å². The largest absolute Gasteiger partial charge is 0.493 e. The minimum absolute atomic E-state index is 0.0968. The number of nitrogens with zero attached hydrogens (tertiary/aromatic N) is 1. The van der Waals surface area contributed by atoms with Crippen molar-refractivity contribution in [3.8, 4) is 5.75 Å². The van der Waals surface area contributed by atoms with E-state index in [9.17, 15) is 23.9 Å². The zero-order valence-electron chi connectivity index (χ0n) is 15.1. The zero-order chi connectivity index (χ0) is 20.0. The first-order valence-corrected chi connectivity index (χ1v) is 8.58. The van der Waals surface area contributed by atoms with Crippen LogP contribution in [0, 0.1) is 11.7 Å². The Balaban J connectivity index is 1.94. The van der Waals surface area contributed by atoms with E-state index in [0.29, 0.717) is 5.75 Å². The first-order valence-electron chi connectivity index (χ1n) is 8.58. The summed E-state index contributed by atoms with van der Waals surface area (Å²) in [5, 5.41) is 9.36. The van der Waals surface area contributed by atoms with Crippen molar-refractivity contribution >= 4 is 18.0 Å². The number of carboxylic acid groups (broad SMARTS) is 1. The predicted molar refractivity (Wildman–Crippen MR) is 90.5 cm³/mol. The lowest BCUT2D eigenvalue weighted by Gasteiger charge is -2.23. The summed E-state index contributed by atoms with van der Waals surface area (Å²) in [5.41, 5.74) is 0. The molecule has 3 atom stereocenters. The standard InChI is InChI=1S/C18H22FNO7/c1-3-16(21)26-11(2)27-18(24)20-9-12(7-15(20)17(22)23)10-25-14-6-4-5-13(19)8-14/h4-6,8,11-12,15H,3,7,9-10H2,1-2H3,(H,22,23)/t11-,12+,15+/m1/s1. The monoisotopic (exact) mass is 383 g/mol. The molecule has 1 N–H and O–H groups in total. The molecule has 0 radical (unpaired) electrons. The summed E-state index contributed by atoms with van der Waals surface area (Å²) in [7, 11) is 0. The van der Waals surface area contributed by atoms with Gasteiger partial charge in [0.1, 0.15) is 17.6 Å². The van der Waals surface area contributed by atoms with Crippen LogP contribution in [0.4, 0.5) is 9.18 Å². The molecule has 1 aliphatic heterocycles. The fraction of sp³-hybridized carbons (Fsp3) is 0.500. The highest BCUT2D eigenvalue weighted by molar-refractivity contribution is 5.81. The van der Waals surface area contributed by atoms with Gasteiger partial charge in [-0.15, -0.1) is 0 Å². The van der Waals surface area contributed by atoms with Gasteiger partial charge in [0.25, 0.3) is 0 Å². The highest BCUT2D eigenvalue weighted by Gasteiger charge is 2.41. The maximum atomic E-state index is 13.2. The summed E-state index contributed by atoms with van der Waals surface area (Å²) >= 11 is 0. The van der Waals surface area contributed by atoms with Crippen LogP contribution in [0.3, 0.4) is 0 Å². The highest BCUT2D eigenvalue weighted by Crippen LogP contribution is 2.26. The maximum Gasteiger partial charge on any atom is 0.413 e. The van der Waals surface area contributed by atoms with Crippen molar-refractivity contribution in [3.05, 3.63) is 30.1 Å². The van der Waals surface area contributed by atoms with Gasteiger partial charge in [-0.25, -0.2) is 14.0 Å². The second-order valence-corrected chi connectivity index (χ2v) is 6.17. The molecule has 1 aromatic carbocycles.